The van der Waals surface area contributed by atoms with E-state index in [0.717, 1.165) is 58.5 Å². The van der Waals surface area contributed by atoms with E-state index in [-0.39, 0.29) is 11.9 Å². The highest BCUT2D eigenvalue weighted by atomic mass is 32.1. The van der Waals surface area contributed by atoms with E-state index in [1.54, 1.807) is 11.3 Å². The van der Waals surface area contributed by atoms with Crippen molar-refractivity contribution in [3.8, 4) is 22.8 Å². The second-order valence-corrected chi connectivity index (χ2v) is 10.8. The van der Waals surface area contributed by atoms with Gasteiger partial charge in [-0.3, -0.25) is 4.79 Å². The van der Waals surface area contributed by atoms with Gasteiger partial charge in [0, 0.05) is 30.1 Å². The Morgan fingerprint density at radius 2 is 1.85 bits per heavy atom. The molecule has 0 radical (unpaired) electrons. The Labute approximate surface area is 240 Å². The molecular weight excluding hydrogens is 520 g/mol. The number of benzene rings is 3. The Bertz CT molecular complexity index is 1390. The fourth-order valence-electron chi connectivity index (χ4n) is 4.86. The minimum absolute atomic E-state index is 0.149. The van der Waals surface area contributed by atoms with Crippen molar-refractivity contribution < 1.29 is 19.0 Å². The fourth-order valence-corrected chi connectivity index (χ4v) is 5.72. The number of aromatic nitrogens is 1. The van der Waals surface area contributed by atoms with Gasteiger partial charge in [-0.2, -0.15) is 0 Å². The van der Waals surface area contributed by atoms with Crippen molar-refractivity contribution >= 4 is 22.4 Å². The van der Waals surface area contributed by atoms with Gasteiger partial charge in [0.2, 0.25) is 0 Å². The van der Waals surface area contributed by atoms with Gasteiger partial charge in [-0.15, -0.1) is 11.3 Å². The number of rotatable bonds is 11. The fraction of sp³-hybridized carbons (Fsp3) is 0.333. The van der Waals surface area contributed by atoms with Crippen LogP contribution in [-0.2, 0) is 29.1 Å². The van der Waals surface area contributed by atoms with Gasteiger partial charge in [-0.1, -0.05) is 67.6 Å². The molecule has 1 aliphatic rings. The molecule has 1 aliphatic heterocycles. The van der Waals surface area contributed by atoms with Crippen LogP contribution < -0.4 is 14.4 Å². The Kier molecular flexibility index (Phi) is 9.34. The van der Waals surface area contributed by atoms with Crippen molar-refractivity contribution in [1.29, 1.82) is 0 Å². The molecule has 2 heterocycles. The Hall–Kier alpha value is -3.84. The monoisotopic (exact) mass is 556 g/mol. The van der Waals surface area contributed by atoms with Gasteiger partial charge < -0.3 is 19.1 Å². The highest BCUT2D eigenvalue weighted by molar-refractivity contribution is 7.14. The van der Waals surface area contributed by atoms with E-state index in [2.05, 4.69) is 53.6 Å². The molecule has 0 fully saturated rings. The van der Waals surface area contributed by atoms with Crippen LogP contribution >= 0.6 is 11.3 Å². The molecule has 0 saturated carbocycles. The largest absolute Gasteiger partial charge is 0.493 e. The van der Waals surface area contributed by atoms with Crippen molar-refractivity contribution in [2.45, 2.75) is 46.3 Å². The van der Waals surface area contributed by atoms with Crippen molar-refractivity contribution in [1.82, 2.24) is 4.98 Å². The molecule has 208 valence electrons. The summed E-state index contributed by atoms with van der Waals surface area (Å²) in [6.45, 7) is 7.16. The first-order valence-corrected chi connectivity index (χ1v) is 14.9. The Morgan fingerprint density at radius 1 is 1.05 bits per heavy atom. The summed E-state index contributed by atoms with van der Waals surface area (Å²) in [6, 6.07) is 24.8. The molecule has 0 bridgehead atoms. The van der Waals surface area contributed by atoms with Gasteiger partial charge in [-0.05, 0) is 48.9 Å². The quantitative estimate of drug-likeness (QED) is 0.181. The van der Waals surface area contributed by atoms with E-state index in [0.29, 0.717) is 32.7 Å². The van der Waals surface area contributed by atoms with Crippen LogP contribution in [-0.4, -0.2) is 30.7 Å². The van der Waals surface area contributed by atoms with Crippen LogP contribution in [0.2, 0.25) is 0 Å². The topological polar surface area (TPSA) is 60.9 Å². The SMILES string of the molecule is CCCN(Cc1ccc(COc2ccc3c(c2)OCCC(C(=O)OCC)C3)cc1)c1nc(-c2ccccc2)cs1. The molecule has 4 aromatic rings. The molecule has 1 unspecified atom stereocenters. The number of hydrogen-bond acceptors (Lipinski definition) is 7. The number of carbonyl (C=O) groups is 1. The summed E-state index contributed by atoms with van der Waals surface area (Å²) in [4.78, 5) is 19.5. The zero-order chi connectivity index (χ0) is 27.7. The summed E-state index contributed by atoms with van der Waals surface area (Å²) in [5.41, 5.74) is 5.52. The molecule has 1 atom stereocenters. The number of nitrogens with zero attached hydrogens (tertiary/aromatic N) is 2. The van der Waals surface area contributed by atoms with Crippen LogP contribution in [0, 0.1) is 5.92 Å². The second kappa shape index (κ2) is 13.5. The molecule has 3 aromatic carbocycles. The van der Waals surface area contributed by atoms with E-state index in [9.17, 15) is 4.79 Å². The highest BCUT2D eigenvalue weighted by Crippen LogP contribution is 2.32. The van der Waals surface area contributed by atoms with Crippen molar-refractivity contribution in [3.05, 3.63) is 94.9 Å². The van der Waals surface area contributed by atoms with Gasteiger partial charge in [0.1, 0.15) is 18.1 Å². The summed E-state index contributed by atoms with van der Waals surface area (Å²) in [6.07, 6.45) is 2.34. The lowest BCUT2D eigenvalue weighted by atomic mass is 9.97. The van der Waals surface area contributed by atoms with E-state index in [1.807, 2.05) is 43.3 Å². The molecule has 0 spiro atoms. The number of carbonyl (C=O) groups excluding carboxylic acids is 1. The average molecular weight is 557 g/mol. The van der Waals surface area contributed by atoms with Crippen molar-refractivity contribution in [2.24, 2.45) is 5.92 Å². The molecule has 5 rings (SSSR count). The van der Waals surface area contributed by atoms with Gasteiger partial charge >= 0.3 is 5.97 Å². The lowest BCUT2D eigenvalue weighted by Gasteiger charge is -2.21. The van der Waals surface area contributed by atoms with E-state index < -0.39 is 0 Å². The van der Waals surface area contributed by atoms with Crippen molar-refractivity contribution in [2.75, 3.05) is 24.7 Å². The summed E-state index contributed by atoms with van der Waals surface area (Å²) in [5.74, 6) is 1.23. The number of thiazole rings is 1. The summed E-state index contributed by atoms with van der Waals surface area (Å²) in [7, 11) is 0. The number of anilines is 1. The number of esters is 1. The van der Waals surface area contributed by atoms with Gasteiger partial charge in [0.05, 0.1) is 24.8 Å². The molecule has 0 N–H and O–H groups in total. The first kappa shape index (κ1) is 27.7. The molecule has 7 heteroatoms. The van der Waals surface area contributed by atoms with Gasteiger partial charge in [0.25, 0.3) is 0 Å². The minimum atomic E-state index is -0.166. The molecule has 6 nitrogen and oxygen atoms in total. The third kappa shape index (κ3) is 7.02. The first-order chi connectivity index (χ1) is 19.6. The molecule has 0 aliphatic carbocycles. The van der Waals surface area contributed by atoms with Crippen LogP contribution in [0.25, 0.3) is 11.3 Å². The predicted molar refractivity (Wildman–Crippen MR) is 160 cm³/mol. The Morgan fingerprint density at radius 3 is 2.62 bits per heavy atom. The maximum Gasteiger partial charge on any atom is 0.309 e. The van der Waals surface area contributed by atoms with Crippen LogP contribution in [0.4, 0.5) is 5.13 Å². The van der Waals surface area contributed by atoms with Gasteiger partial charge in [0.15, 0.2) is 5.13 Å². The molecule has 0 amide bonds. The van der Waals surface area contributed by atoms with Crippen LogP contribution in [0.15, 0.2) is 78.2 Å². The zero-order valence-electron chi connectivity index (χ0n) is 23.2. The minimum Gasteiger partial charge on any atom is -0.493 e. The maximum atomic E-state index is 12.2. The molecule has 0 saturated heterocycles. The Balaban J connectivity index is 1.18. The second-order valence-electron chi connectivity index (χ2n) is 9.97. The summed E-state index contributed by atoms with van der Waals surface area (Å²) < 4.78 is 17.3. The molecular formula is C33H36N2O4S. The number of fused-ring (bicyclic) bond motifs is 1. The van der Waals surface area contributed by atoms with E-state index >= 15 is 0 Å². The normalized spacial score (nSPS) is 14.5. The molecule has 40 heavy (non-hydrogen) atoms. The number of ether oxygens (including phenoxy) is 3. The smallest absolute Gasteiger partial charge is 0.309 e. The number of hydrogen-bond donors (Lipinski definition) is 0. The molecule has 1 aromatic heterocycles. The average Bonchev–Trinajstić information content (AvgIpc) is 3.38. The van der Waals surface area contributed by atoms with Crippen LogP contribution in [0.3, 0.4) is 0 Å². The maximum absolute atomic E-state index is 12.2. The predicted octanol–water partition coefficient (Wildman–Crippen LogP) is 7.31. The zero-order valence-corrected chi connectivity index (χ0v) is 24.0. The van der Waals surface area contributed by atoms with Crippen molar-refractivity contribution in [3.63, 3.8) is 0 Å². The standard InChI is InChI=1S/C33H36N2O4S/c1-3-17-35(33-34-30(23-40-33)26-8-6-5-7-9-26)21-24-10-12-25(13-11-24)22-39-29-15-14-27-19-28(32(36)37-4-2)16-18-38-31(27)20-29/h5-15,20,23,28H,3-4,16-19,21-22H2,1-2H3. The summed E-state index contributed by atoms with van der Waals surface area (Å²) >= 11 is 1.70. The lowest BCUT2D eigenvalue weighted by molar-refractivity contribution is -0.148. The first-order valence-electron chi connectivity index (χ1n) is 14.0. The van der Waals surface area contributed by atoms with E-state index in [4.69, 9.17) is 19.2 Å². The lowest BCUT2D eigenvalue weighted by Crippen LogP contribution is -2.23. The third-order valence-electron chi connectivity index (χ3n) is 6.98. The van der Waals surface area contributed by atoms with Crippen LogP contribution in [0.5, 0.6) is 11.5 Å². The highest BCUT2D eigenvalue weighted by Gasteiger charge is 2.25. The van der Waals surface area contributed by atoms with E-state index in [1.165, 1.54) is 5.56 Å². The van der Waals surface area contributed by atoms with Gasteiger partial charge in [-0.25, -0.2) is 4.98 Å². The van der Waals surface area contributed by atoms with Crippen LogP contribution in [0.1, 0.15) is 43.4 Å². The third-order valence-corrected chi connectivity index (χ3v) is 7.88. The summed E-state index contributed by atoms with van der Waals surface area (Å²) in [5, 5.41) is 3.19.